The lowest BCUT2D eigenvalue weighted by atomic mass is 10.2. The second-order valence-electron chi connectivity index (χ2n) is 2.72. The lowest BCUT2D eigenvalue weighted by Crippen LogP contribution is -2.37. The van der Waals surface area contributed by atoms with Crippen LogP contribution in [0.2, 0.25) is 0 Å². The fraction of sp³-hybridized carbons (Fsp3) is 0.375. The van der Waals surface area contributed by atoms with Gasteiger partial charge in [-0.25, -0.2) is 0 Å². The summed E-state index contributed by atoms with van der Waals surface area (Å²) in [5.74, 6) is -1.90. The number of rotatable bonds is 3. The molecule has 2 N–H and O–H groups in total. The summed E-state index contributed by atoms with van der Waals surface area (Å²) in [6, 6.07) is 1.74. The molecule has 0 aromatic carbocycles. The van der Waals surface area contributed by atoms with Crippen LogP contribution in [-0.2, 0) is 11.2 Å². The van der Waals surface area contributed by atoms with Crippen molar-refractivity contribution in [1.29, 1.82) is 0 Å². The van der Waals surface area contributed by atoms with Crippen molar-refractivity contribution in [1.82, 2.24) is 10.3 Å². The predicted molar refractivity (Wildman–Crippen MR) is 43.6 cm³/mol. The van der Waals surface area contributed by atoms with E-state index in [0.29, 0.717) is 6.42 Å². The number of aromatic nitrogens is 1. The molecule has 14 heavy (non-hydrogen) atoms. The Morgan fingerprint density at radius 3 is 2.71 bits per heavy atom. The number of halogens is 3. The molecule has 0 saturated heterocycles. The minimum atomic E-state index is -4.79. The van der Waals surface area contributed by atoms with Crippen molar-refractivity contribution < 1.29 is 18.0 Å². The number of hydrogen-bond donors (Lipinski definition) is 2. The maximum Gasteiger partial charge on any atom is 0.471 e. The molecule has 0 radical (unpaired) electrons. The number of carbonyl (C=O) groups is 1. The molecule has 0 bridgehead atoms. The monoisotopic (exact) mass is 206 g/mol. The van der Waals surface area contributed by atoms with Crippen LogP contribution in [0.1, 0.15) is 5.56 Å². The number of amides is 1. The van der Waals surface area contributed by atoms with Gasteiger partial charge in [-0.1, -0.05) is 0 Å². The van der Waals surface area contributed by atoms with Gasteiger partial charge in [0.25, 0.3) is 0 Å². The predicted octanol–water partition coefficient (Wildman–Crippen LogP) is 1.24. The highest BCUT2D eigenvalue weighted by Crippen LogP contribution is 2.13. The SMILES string of the molecule is O=C(NCCc1cc[nH]c1)C(F)(F)F. The topological polar surface area (TPSA) is 44.9 Å². The van der Waals surface area contributed by atoms with Crippen molar-refractivity contribution in [2.45, 2.75) is 12.6 Å². The Labute approximate surface area is 78.3 Å². The molecule has 0 fully saturated rings. The van der Waals surface area contributed by atoms with Crippen molar-refractivity contribution >= 4 is 5.91 Å². The summed E-state index contributed by atoms with van der Waals surface area (Å²) in [5, 5.41) is 1.78. The summed E-state index contributed by atoms with van der Waals surface area (Å²) in [6.45, 7) is -0.0177. The fourth-order valence-corrected chi connectivity index (χ4v) is 0.935. The van der Waals surface area contributed by atoms with Gasteiger partial charge in [0.15, 0.2) is 0 Å². The largest absolute Gasteiger partial charge is 0.471 e. The molecule has 0 atom stereocenters. The summed E-state index contributed by atoms with van der Waals surface area (Å²) in [7, 11) is 0. The average molecular weight is 206 g/mol. The number of carbonyl (C=O) groups excluding carboxylic acids is 1. The fourth-order valence-electron chi connectivity index (χ4n) is 0.935. The molecule has 1 aromatic heterocycles. The van der Waals surface area contributed by atoms with Gasteiger partial charge in [-0.15, -0.1) is 0 Å². The Kier molecular flexibility index (Phi) is 3.16. The van der Waals surface area contributed by atoms with E-state index in [9.17, 15) is 18.0 Å². The van der Waals surface area contributed by atoms with Crippen LogP contribution in [0.3, 0.4) is 0 Å². The van der Waals surface area contributed by atoms with Crippen molar-refractivity contribution in [3.05, 3.63) is 24.0 Å². The summed E-state index contributed by atoms with van der Waals surface area (Å²) in [6.07, 6.45) is -1.08. The highest BCUT2D eigenvalue weighted by molar-refractivity contribution is 5.81. The minimum absolute atomic E-state index is 0.0177. The standard InChI is InChI=1S/C8H9F3N2O/c9-8(10,11)7(14)13-4-2-6-1-3-12-5-6/h1,3,5,12H,2,4H2,(H,13,14). The van der Waals surface area contributed by atoms with Crippen LogP contribution >= 0.6 is 0 Å². The summed E-state index contributed by atoms with van der Waals surface area (Å²) in [4.78, 5) is 13.1. The Balaban J connectivity index is 2.26. The average Bonchev–Trinajstić information content (AvgIpc) is 2.55. The van der Waals surface area contributed by atoms with E-state index < -0.39 is 12.1 Å². The highest BCUT2D eigenvalue weighted by Gasteiger charge is 2.38. The van der Waals surface area contributed by atoms with Crippen LogP contribution in [0.4, 0.5) is 13.2 Å². The first kappa shape index (κ1) is 10.6. The van der Waals surface area contributed by atoms with E-state index >= 15 is 0 Å². The Morgan fingerprint density at radius 1 is 1.50 bits per heavy atom. The van der Waals surface area contributed by atoms with E-state index in [2.05, 4.69) is 4.98 Å². The van der Waals surface area contributed by atoms with E-state index in [1.165, 1.54) is 0 Å². The quantitative estimate of drug-likeness (QED) is 0.767. The van der Waals surface area contributed by atoms with E-state index in [-0.39, 0.29) is 6.54 Å². The molecule has 1 aromatic rings. The highest BCUT2D eigenvalue weighted by atomic mass is 19.4. The van der Waals surface area contributed by atoms with Gasteiger partial charge >= 0.3 is 12.1 Å². The van der Waals surface area contributed by atoms with Crippen LogP contribution in [0.5, 0.6) is 0 Å². The first-order valence-corrected chi connectivity index (χ1v) is 3.97. The molecule has 3 nitrogen and oxygen atoms in total. The molecular formula is C8H9F3N2O. The van der Waals surface area contributed by atoms with E-state index in [1.807, 2.05) is 0 Å². The van der Waals surface area contributed by atoms with Gasteiger partial charge < -0.3 is 10.3 Å². The lowest BCUT2D eigenvalue weighted by molar-refractivity contribution is -0.173. The third-order valence-corrected chi connectivity index (χ3v) is 1.62. The molecule has 6 heteroatoms. The molecule has 1 rings (SSSR count). The summed E-state index contributed by atoms with van der Waals surface area (Å²) >= 11 is 0. The Bertz CT molecular complexity index is 292. The number of aromatic amines is 1. The van der Waals surface area contributed by atoms with Crippen molar-refractivity contribution in [2.24, 2.45) is 0 Å². The van der Waals surface area contributed by atoms with Crippen LogP contribution in [0.25, 0.3) is 0 Å². The van der Waals surface area contributed by atoms with Gasteiger partial charge in [-0.05, 0) is 18.1 Å². The third-order valence-electron chi connectivity index (χ3n) is 1.62. The number of hydrogen-bond acceptors (Lipinski definition) is 1. The van der Waals surface area contributed by atoms with Gasteiger partial charge in [0.1, 0.15) is 0 Å². The first-order valence-electron chi connectivity index (χ1n) is 3.97. The number of alkyl halides is 3. The van der Waals surface area contributed by atoms with Crippen molar-refractivity contribution in [3.63, 3.8) is 0 Å². The van der Waals surface area contributed by atoms with Gasteiger partial charge in [0.05, 0.1) is 0 Å². The van der Waals surface area contributed by atoms with Gasteiger partial charge in [0.2, 0.25) is 0 Å². The second-order valence-corrected chi connectivity index (χ2v) is 2.72. The van der Waals surface area contributed by atoms with E-state index in [0.717, 1.165) is 5.56 Å². The molecule has 0 aliphatic rings. The molecule has 0 saturated carbocycles. The van der Waals surface area contributed by atoms with E-state index in [1.54, 1.807) is 23.8 Å². The molecule has 0 aliphatic carbocycles. The molecule has 0 unspecified atom stereocenters. The zero-order chi connectivity index (χ0) is 10.6. The second kappa shape index (κ2) is 4.17. The van der Waals surface area contributed by atoms with Gasteiger partial charge in [0, 0.05) is 18.9 Å². The minimum Gasteiger partial charge on any atom is -0.367 e. The molecular weight excluding hydrogens is 197 g/mol. The Morgan fingerprint density at radius 2 is 2.21 bits per heavy atom. The summed E-state index contributed by atoms with van der Waals surface area (Å²) in [5.41, 5.74) is 0.854. The Hall–Kier alpha value is -1.46. The van der Waals surface area contributed by atoms with E-state index in [4.69, 9.17) is 0 Å². The maximum atomic E-state index is 11.7. The molecule has 78 valence electrons. The zero-order valence-corrected chi connectivity index (χ0v) is 7.19. The molecule has 0 aliphatic heterocycles. The number of nitrogens with one attached hydrogen (secondary N) is 2. The van der Waals surface area contributed by atoms with Gasteiger partial charge in [-0.3, -0.25) is 4.79 Å². The van der Waals surface area contributed by atoms with Crippen molar-refractivity contribution in [2.75, 3.05) is 6.54 Å². The zero-order valence-electron chi connectivity index (χ0n) is 7.19. The van der Waals surface area contributed by atoms with Crippen LogP contribution in [0, 0.1) is 0 Å². The van der Waals surface area contributed by atoms with Crippen LogP contribution in [-0.4, -0.2) is 23.6 Å². The van der Waals surface area contributed by atoms with Gasteiger partial charge in [-0.2, -0.15) is 13.2 Å². The summed E-state index contributed by atoms with van der Waals surface area (Å²) < 4.78 is 35.1. The van der Waals surface area contributed by atoms with Crippen LogP contribution in [0.15, 0.2) is 18.5 Å². The first-order chi connectivity index (χ1) is 6.50. The lowest BCUT2D eigenvalue weighted by Gasteiger charge is -2.06. The van der Waals surface area contributed by atoms with Crippen molar-refractivity contribution in [3.8, 4) is 0 Å². The smallest absolute Gasteiger partial charge is 0.367 e. The molecule has 0 spiro atoms. The van der Waals surface area contributed by atoms with Crippen LogP contribution < -0.4 is 5.32 Å². The normalized spacial score (nSPS) is 11.4. The maximum absolute atomic E-state index is 11.7. The molecule has 1 heterocycles. The molecule has 1 amide bonds. The number of H-pyrrole nitrogens is 1. The third kappa shape index (κ3) is 3.12.